The van der Waals surface area contributed by atoms with E-state index in [1.807, 2.05) is 0 Å². The molecule has 3 rings (SSSR count). The Morgan fingerprint density at radius 3 is 1.58 bits per heavy atom. The number of halogens is 9. The minimum absolute atomic E-state index is 0.112. The van der Waals surface area contributed by atoms with Gasteiger partial charge < -0.3 is 10.2 Å². The van der Waals surface area contributed by atoms with Gasteiger partial charge in [-0.1, -0.05) is 18.6 Å². The van der Waals surface area contributed by atoms with Gasteiger partial charge in [0, 0.05) is 11.1 Å². The van der Waals surface area contributed by atoms with Gasteiger partial charge in [-0.2, -0.15) is 47.9 Å². The van der Waals surface area contributed by atoms with E-state index >= 15 is 0 Å². The lowest BCUT2D eigenvalue weighted by Gasteiger charge is -2.32. The molecule has 31 heavy (non-hydrogen) atoms. The van der Waals surface area contributed by atoms with Crippen molar-refractivity contribution in [1.82, 2.24) is 4.73 Å². The van der Waals surface area contributed by atoms with Crippen molar-refractivity contribution in [3.63, 3.8) is 0 Å². The Kier molecular flexibility index (Phi) is 4.79. The van der Waals surface area contributed by atoms with Crippen molar-refractivity contribution in [2.75, 3.05) is 0 Å². The van der Waals surface area contributed by atoms with E-state index in [-0.39, 0.29) is 23.0 Å². The van der Waals surface area contributed by atoms with Crippen molar-refractivity contribution in [1.29, 1.82) is 0 Å². The van der Waals surface area contributed by atoms with Crippen molar-refractivity contribution >= 4 is 10.1 Å². The smallest absolute Gasteiger partial charge is 0.460 e. The molecule has 4 unspecified atom stereocenters. The summed E-state index contributed by atoms with van der Waals surface area (Å²) in [5.41, 5.74) is -0.224. The molecule has 0 aromatic carbocycles. The van der Waals surface area contributed by atoms with Crippen LogP contribution in [-0.2, 0) is 10.1 Å². The number of aromatic nitrogens is 1. The SMILES string of the molecule is CC1C2CC(c3c2c(O)n(OS(=O)(=O)C(F)(F)C(F)(F)C(F)(F)C(F)(F)F)c3O)C1C. The Bertz CT molecular complexity index is 980. The summed E-state index contributed by atoms with van der Waals surface area (Å²) in [5, 5.41) is 13.1. The third kappa shape index (κ3) is 2.75. The molecule has 0 spiro atoms. The monoisotopic (exact) mass is 491 g/mol. The molecule has 1 aromatic rings. The van der Waals surface area contributed by atoms with E-state index < -0.39 is 61.7 Å². The maximum atomic E-state index is 13.8. The van der Waals surface area contributed by atoms with Crippen LogP contribution in [0.15, 0.2) is 0 Å². The summed E-state index contributed by atoms with van der Waals surface area (Å²) in [4.78, 5) is 0. The first-order valence-electron chi connectivity index (χ1n) is 8.53. The molecule has 2 bridgehead atoms. The van der Waals surface area contributed by atoms with Crippen molar-refractivity contribution in [2.45, 2.75) is 55.4 Å². The van der Waals surface area contributed by atoms with Gasteiger partial charge in [0.05, 0.1) is 0 Å². The summed E-state index contributed by atoms with van der Waals surface area (Å²) in [5.74, 6) is -18.8. The molecule has 6 nitrogen and oxygen atoms in total. The average molecular weight is 491 g/mol. The fourth-order valence-corrected chi connectivity index (χ4v) is 5.09. The summed E-state index contributed by atoms with van der Waals surface area (Å²) in [6.07, 6.45) is -6.85. The Morgan fingerprint density at radius 2 is 1.23 bits per heavy atom. The number of alkyl halides is 9. The van der Waals surface area contributed by atoms with E-state index in [1.165, 1.54) is 0 Å². The van der Waals surface area contributed by atoms with Crippen molar-refractivity contribution in [3.8, 4) is 11.8 Å². The van der Waals surface area contributed by atoms with Crippen LogP contribution in [0.1, 0.15) is 43.2 Å². The van der Waals surface area contributed by atoms with Gasteiger partial charge in [-0.25, -0.2) is 0 Å². The zero-order valence-corrected chi connectivity index (χ0v) is 16.2. The predicted molar refractivity (Wildman–Crippen MR) is 82.6 cm³/mol. The zero-order valence-electron chi connectivity index (χ0n) is 15.4. The number of hydrogen-bond acceptors (Lipinski definition) is 5. The van der Waals surface area contributed by atoms with E-state index in [9.17, 15) is 58.1 Å². The lowest BCUT2D eigenvalue weighted by atomic mass is 9.79. The summed E-state index contributed by atoms with van der Waals surface area (Å²) in [7, 11) is -7.31. The standard InChI is InChI=1S/C15H14F9NO5S/c1-4-5(2)7-3-6(4)8-9(7)11(27)25(10(8)26)30-31(28,29)15(23,24)13(18,19)12(16,17)14(20,21)22/h4-7,26-27H,3H2,1-2H3. The first-order valence-corrected chi connectivity index (χ1v) is 9.94. The van der Waals surface area contributed by atoms with Gasteiger partial charge in [-0.05, 0) is 30.1 Å². The van der Waals surface area contributed by atoms with Crippen LogP contribution < -0.4 is 4.28 Å². The molecule has 2 aliphatic rings. The first kappa shape index (κ1) is 23.7. The van der Waals surface area contributed by atoms with Crippen LogP contribution in [-0.4, -0.2) is 46.6 Å². The molecule has 4 atom stereocenters. The predicted octanol–water partition coefficient (Wildman–Crippen LogP) is 3.94. The van der Waals surface area contributed by atoms with Crippen molar-refractivity contribution in [2.24, 2.45) is 11.8 Å². The molecular formula is C15H14F9NO5S. The Morgan fingerprint density at radius 1 is 0.839 bits per heavy atom. The van der Waals surface area contributed by atoms with Gasteiger partial charge in [-0.3, -0.25) is 4.28 Å². The minimum Gasteiger partial charge on any atom is -0.492 e. The highest BCUT2D eigenvalue weighted by Crippen LogP contribution is 2.64. The summed E-state index contributed by atoms with van der Waals surface area (Å²) in [6, 6.07) is 0. The van der Waals surface area contributed by atoms with Gasteiger partial charge in [-0.15, -0.1) is 0 Å². The topological polar surface area (TPSA) is 88.8 Å². The molecule has 0 aliphatic heterocycles. The van der Waals surface area contributed by atoms with Crippen molar-refractivity contribution in [3.05, 3.63) is 11.1 Å². The van der Waals surface area contributed by atoms with Crippen LogP contribution in [0.25, 0.3) is 0 Å². The highest BCUT2D eigenvalue weighted by molar-refractivity contribution is 7.88. The lowest BCUT2D eigenvalue weighted by molar-refractivity contribution is -0.382. The first-order chi connectivity index (χ1) is 13.7. The molecule has 16 heteroatoms. The molecule has 1 fully saturated rings. The number of aromatic hydroxyl groups is 2. The second kappa shape index (κ2) is 6.28. The molecule has 2 aliphatic carbocycles. The van der Waals surface area contributed by atoms with E-state index in [4.69, 9.17) is 0 Å². The maximum Gasteiger partial charge on any atom is 0.460 e. The van der Waals surface area contributed by atoms with E-state index in [0.29, 0.717) is 6.42 Å². The highest BCUT2D eigenvalue weighted by Gasteiger charge is 2.86. The van der Waals surface area contributed by atoms with Crippen molar-refractivity contribution < 1.29 is 62.4 Å². The van der Waals surface area contributed by atoms with Crippen LogP contribution in [0.3, 0.4) is 0 Å². The Balaban J connectivity index is 2.05. The molecule has 2 N–H and O–H groups in total. The van der Waals surface area contributed by atoms with Crippen LogP contribution in [0.4, 0.5) is 39.5 Å². The number of fused-ring (bicyclic) bond motifs is 5. The van der Waals surface area contributed by atoms with Gasteiger partial charge in [0.15, 0.2) is 0 Å². The van der Waals surface area contributed by atoms with Gasteiger partial charge in [0.1, 0.15) is 0 Å². The van der Waals surface area contributed by atoms with Crippen LogP contribution in [0.2, 0.25) is 0 Å². The van der Waals surface area contributed by atoms with Crippen LogP contribution in [0, 0.1) is 11.8 Å². The Hall–Kier alpha value is -2.00. The van der Waals surface area contributed by atoms with E-state index in [1.54, 1.807) is 13.8 Å². The molecule has 178 valence electrons. The van der Waals surface area contributed by atoms with Gasteiger partial charge >= 0.3 is 33.4 Å². The normalized spacial score (nSPS) is 26.9. The molecule has 0 radical (unpaired) electrons. The summed E-state index contributed by atoms with van der Waals surface area (Å²) >= 11 is 0. The second-order valence-electron chi connectivity index (χ2n) is 7.63. The minimum atomic E-state index is -7.50. The van der Waals surface area contributed by atoms with Gasteiger partial charge in [0.25, 0.3) is 0 Å². The van der Waals surface area contributed by atoms with E-state index in [2.05, 4.69) is 4.28 Å². The zero-order chi connectivity index (χ0) is 24.1. The summed E-state index contributed by atoms with van der Waals surface area (Å²) < 4.78 is 143. The molecule has 0 amide bonds. The third-order valence-corrected chi connectivity index (χ3v) is 7.34. The third-order valence-electron chi connectivity index (χ3n) is 6.11. The fraction of sp³-hybridized carbons (Fsp3) is 0.733. The molecular weight excluding hydrogens is 477 g/mol. The number of nitrogens with zero attached hydrogens (tertiary/aromatic N) is 1. The highest BCUT2D eigenvalue weighted by atomic mass is 32.2. The van der Waals surface area contributed by atoms with Gasteiger partial charge in [0.2, 0.25) is 11.8 Å². The van der Waals surface area contributed by atoms with Crippen LogP contribution in [0.5, 0.6) is 11.8 Å². The number of hydrogen-bond donors (Lipinski definition) is 2. The van der Waals surface area contributed by atoms with Crippen LogP contribution >= 0.6 is 0 Å². The maximum absolute atomic E-state index is 13.8. The Labute approximate surface area is 168 Å². The molecule has 1 heterocycles. The lowest BCUT2D eigenvalue weighted by Crippen LogP contribution is -2.64. The van der Waals surface area contributed by atoms with E-state index in [0.717, 1.165) is 0 Å². The fourth-order valence-electron chi connectivity index (χ4n) is 4.22. The summed E-state index contributed by atoms with van der Waals surface area (Å²) in [6.45, 7) is 3.47. The molecule has 1 aromatic heterocycles. The number of rotatable bonds is 5. The molecule has 0 saturated heterocycles. The second-order valence-corrected chi connectivity index (χ2v) is 9.20. The largest absolute Gasteiger partial charge is 0.492 e. The quantitative estimate of drug-likeness (QED) is 0.610. The molecule has 1 saturated carbocycles. The average Bonchev–Trinajstić information content (AvgIpc) is 3.21.